The zero-order valence-electron chi connectivity index (χ0n) is 23.5. The van der Waals surface area contributed by atoms with E-state index in [9.17, 15) is 18.8 Å². The fourth-order valence-corrected chi connectivity index (χ4v) is 5.58. The monoisotopic (exact) mass is 563 g/mol. The average molecular weight is 564 g/mol. The lowest BCUT2D eigenvalue weighted by atomic mass is 9.78. The third-order valence-corrected chi connectivity index (χ3v) is 8.63. The van der Waals surface area contributed by atoms with Crippen LogP contribution >= 0.6 is 0 Å². The maximum absolute atomic E-state index is 14.0. The molecule has 6 rings (SSSR count). The molecule has 3 aromatic rings. The molecule has 2 saturated carbocycles. The van der Waals surface area contributed by atoms with E-state index in [0.717, 1.165) is 32.1 Å². The number of ether oxygens (including phenoxy) is 2. The van der Waals surface area contributed by atoms with Crippen molar-refractivity contribution in [1.82, 2.24) is 15.5 Å². The number of fused-ring (bicyclic) bond motifs is 3. The number of rotatable bonds is 8. The van der Waals surface area contributed by atoms with Crippen molar-refractivity contribution in [2.24, 2.45) is 5.92 Å². The van der Waals surface area contributed by atoms with Gasteiger partial charge in [0.2, 0.25) is 11.7 Å². The van der Waals surface area contributed by atoms with Crippen LogP contribution in [0, 0.1) is 11.7 Å². The topological polar surface area (TPSA) is 110 Å². The molecule has 41 heavy (non-hydrogen) atoms. The van der Waals surface area contributed by atoms with Crippen molar-refractivity contribution < 1.29 is 32.7 Å². The SMILES string of the molecule is COc1cc(F)ccc1CNC(=O)C1(C)COc2c(oc3cc(C(=O)NC4(C)CCC4)ccc23)C(=O)N1CC1CC1. The molecule has 10 heteroatoms. The summed E-state index contributed by atoms with van der Waals surface area (Å²) in [6, 6.07) is 9.15. The number of methoxy groups -OCH3 is 1. The van der Waals surface area contributed by atoms with Crippen molar-refractivity contribution in [3.63, 3.8) is 0 Å². The second kappa shape index (κ2) is 10.1. The standard InChI is InChI=1S/C31H34FN3O6/c1-30(11-4-12-30)34-27(36)19-8-10-22-24(13-19)41-26-25(22)40-17-31(2,35(28(26)37)16-18-5-6-18)29(38)33-15-20-7-9-21(32)14-23(20)39-3/h7-10,13-14,18H,4-6,11-12,15-17H2,1-3H3,(H,33,38)(H,34,36). The molecule has 2 aromatic carbocycles. The number of hydrogen-bond donors (Lipinski definition) is 2. The number of furan rings is 1. The molecule has 3 amide bonds. The lowest BCUT2D eigenvalue weighted by molar-refractivity contribution is -0.133. The van der Waals surface area contributed by atoms with Gasteiger partial charge in [-0.2, -0.15) is 0 Å². The van der Waals surface area contributed by atoms with Crippen LogP contribution in [0.25, 0.3) is 11.0 Å². The fraction of sp³-hybridized carbons (Fsp3) is 0.452. The van der Waals surface area contributed by atoms with Crippen LogP contribution in [0.2, 0.25) is 0 Å². The van der Waals surface area contributed by atoms with Crippen LogP contribution in [-0.2, 0) is 11.3 Å². The van der Waals surface area contributed by atoms with Gasteiger partial charge in [0.1, 0.15) is 23.8 Å². The van der Waals surface area contributed by atoms with Gasteiger partial charge in [0.15, 0.2) is 11.3 Å². The number of benzene rings is 2. The Kier molecular flexibility index (Phi) is 6.66. The summed E-state index contributed by atoms with van der Waals surface area (Å²) in [7, 11) is 1.44. The normalized spacial score (nSPS) is 21.4. The smallest absolute Gasteiger partial charge is 0.294 e. The van der Waals surface area contributed by atoms with Crippen LogP contribution in [0.1, 0.15) is 72.4 Å². The summed E-state index contributed by atoms with van der Waals surface area (Å²) in [5.41, 5.74) is -0.111. The molecule has 2 N–H and O–H groups in total. The maximum Gasteiger partial charge on any atom is 0.294 e. The summed E-state index contributed by atoms with van der Waals surface area (Å²) < 4.78 is 31.1. The Hall–Kier alpha value is -4.08. The van der Waals surface area contributed by atoms with Gasteiger partial charge in [0.05, 0.1) is 12.5 Å². The third-order valence-electron chi connectivity index (χ3n) is 8.63. The molecule has 1 aliphatic heterocycles. The second-order valence-corrected chi connectivity index (χ2v) is 11.9. The van der Waals surface area contributed by atoms with E-state index in [1.807, 2.05) is 6.92 Å². The molecule has 1 atom stereocenters. The molecule has 2 heterocycles. The summed E-state index contributed by atoms with van der Waals surface area (Å²) in [4.78, 5) is 42.1. The zero-order chi connectivity index (χ0) is 28.9. The van der Waals surface area contributed by atoms with Crippen molar-refractivity contribution >= 4 is 28.7 Å². The van der Waals surface area contributed by atoms with E-state index >= 15 is 0 Å². The van der Waals surface area contributed by atoms with E-state index in [1.54, 1.807) is 36.1 Å². The van der Waals surface area contributed by atoms with E-state index in [-0.39, 0.29) is 42.0 Å². The summed E-state index contributed by atoms with van der Waals surface area (Å²) in [5, 5.41) is 6.54. The summed E-state index contributed by atoms with van der Waals surface area (Å²) >= 11 is 0. The first-order chi connectivity index (χ1) is 19.6. The Bertz CT molecular complexity index is 1540. The molecule has 1 aromatic heterocycles. The Morgan fingerprint density at radius 3 is 2.61 bits per heavy atom. The highest BCUT2D eigenvalue weighted by atomic mass is 19.1. The lowest BCUT2D eigenvalue weighted by Crippen LogP contribution is -2.61. The predicted molar refractivity (Wildman–Crippen MR) is 148 cm³/mol. The first-order valence-corrected chi connectivity index (χ1v) is 14.0. The molecule has 1 unspecified atom stereocenters. The van der Waals surface area contributed by atoms with Gasteiger partial charge in [-0.15, -0.1) is 0 Å². The Morgan fingerprint density at radius 2 is 1.93 bits per heavy atom. The summed E-state index contributed by atoms with van der Waals surface area (Å²) in [6.45, 7) is 4.09. The Labute approximate surface area is 237 Å². The minimum Gasteiger partial charge on any atom is -0.496 e. The van der Waals surface area contributed by atoms with Gasteiger partial charge in [-0.1, -0.05) is 6.07 Å². The molecular weight excluding hydrogens is 529 g/mol. The molecule has 0 spiro atoms. The van der Waals surface area contributed by atoms with Gasteiger partial charge in [-0.25, -0.2) is 4.39 Å². The highest BCUT2D eigenvalue weighted by Crippen LogP contribution is 2.41. The molecule has 2 aliphatic carbocycles. The van der Waals surface area contributed by atoms with Crippen LogP contribution in [0.15, 0.2) is 40.8 Å². The van der Waals surface area contributed by atoms with Gasteiger partial charge in [0, 0.05) is 35.8 Å². The molecule has 0 bridgehead atoms. The lowest BCUT2D eigenvalue weighted by Gasteiger charge is -2.39. The summed E-state index contributed by atoms with van der Waals surface area (Å²) in [5.74, 6) is -0.590. The minimum atomic E-state index is -1.33. The van der Waals surface area contributed by atoms with Crippen molar-refractivity contribution in [3.8, 4) is 11.5 Å². The van der Waals surface area contributed by atoms with Crippen LogP contribution < -0.4 is 20.1 Å². The van der Waals surface area contributed by atoms with Crippen LogP contribution in [-0.4, -0.2) is 54.0 Å². The van der Waals surface area contributed by atoms with Gasteiger partial charge < -0.3 is 29.4 Å². The molecule has 0 saturated heterocycles. The number of nitrogens with one attached hydrogen (secondary N) is 2. The molecule has 3 aliphatic rings. The Balaban J connectivity index is 1.27. The molecule has 0 radical (unpaired) electrons. The van der Waals surface area contributed by atoms with Gasteiger partial charge in [0.25, 0.3) is 11.8 Å². The number of amides is 3. The van der Waals surface area contributed by atoms with E-state index in [2.05, 4.69) is 10.6 Å². The van der Waals surface area contributed by atoms with E-state index in [1.165, 1.54) is 19.2 Å². The predicted octanol–water partition coefficient (Wildman–Crippen LogP) is 4.57. The highest BCUT2D eigenvalue weighted by Gasteiger charge is 2.49. The van der Waals surface area contributed by atoms with Crippen molar-refractivity contribution in [3.05, 3.63) is 59.1 Å². The number of halogens is 1. The third kappa shape index (κ3) is 5.00. The fourth-order valence-electron chi connectivity index (χ4n) is 5.58. The molecule has 2 fully saturated rings. The average Bonchev–Trinajstić information content (AvgIpc) is 3.71. The van der Waals surface area contributed by atoms with E-state index in [0.29, 0.717) is 34.4 Å². The van der Waals surface area contributed by atoms with Gasteiger partial charge in [-0.05, 0) is 76.1 Å². The van der Waals surface area contributed by atoms with Crippen molar-refractivity contribution in [1.29, 1.82) is 0 Å². The number of carbonyl (C=O) groups excluding carboxylic acids is 3. The molecule has 216 valence electrons. The van der Waals surface area contributed by atoms with Crippen LogP contribution in [0.5, 0.6) is 11.5 Å². The highest BCUT2D eigenvalue weighted by molar-refractivity contribution is 6.06. The molecular formula is C31H34FN3O6. The minimum absolute atomic E-state index is 0.0147. The number of carbonyl (C=O) groups is 3. The van der Waals surface area contributed by atoms with Crippen molar-refractivity contribution in [2.45, 2.75) is 63.6 Å². The first kappa shape index (κ1) is 27.1. The number of hydrogen-bond acceptors (Lipinski definition) is 6. The quantitative estimate of drug-likeness (QED) is 0.416. The molecule has 9 nitrogen and oxygen atoms in total. The van der Waals surface area contributed by atoms with Gasteiger partial charge >= 0.3 is 0 Å². The number of nitrogens with zero attached hydrogens (tertiary/aromatic N) is 1. The zero-order valence-corrected chi connectivity index (χ0v) is 23.5. The van der Waals surface area contributed by atoms with E-state index in [4.69, 9.17) is 13.9 Å². The van der Waals surface area contributed by atoms with Gasteiger partial charge in [-0.3, -0.25) is 14.4 Å². The first-order valence-electron chi connectivity index (χ1n) is 14.0. The largest absolute Gasteiger partial charge is 0.496 e. The van der Waals surface area contributed by atoms with Crippen LogP contribution in [0.3, 0.4) is 0 Å². The van der Waals surface area contributed by atoms with Crippen molar-refractivity contribution in [2.75, 3.05) is 20.3 Å². The maximum atomic E-state index is 14.0. The summed E-state index contributed by atoms with van der Waals surface area (Å²) in [6.07, 6.45) is 4.92. The van der Waals surface area contributed by atoms with E-state index < -0.39 is 23.2 Å². The second-order valence-electron chi connectivity index (χ2n) is 11.9. The van der Waals surface area contributed by atoms with Crippen LogP contribution in [0.4, 0.5) is 4.39 Å². The Morgan fingerprint density at radius 1 is 1.15 bits per heavy atom.